The summed E-state index contributed by atoms with van der Waals surface area (Å²) in [5, 5.41) is 17.1. The standard InChI is InChI=1S/C25H24N4O5.C18H18N4O5/c1-3-33-25(31)21-22(27-13-17-9-11-19(32-2)12-10-17)20-14-26-16-28-23(20)29(24(21)30)34-15-18-7-5-4-6-8-18;1-3-27-18(24)14-15(20-8-11-4-6-12(26-2)7-5-11)13-9-19-10-21-16(13)22(25)17(14)23/h4-12,14,16,27H,3,13,15H2,1-2H3;4-7,9-10,20,25H,3,8H2,1-2H3. The van der Waals surface area contributed by atoms with Gasteiger partial charge in [-0.3, -0.25) is 9.59 Å². The van der Waals surface area contributed by atoms with E-state index in [-0.39, 0.29) is 53.6 Å². The van der Waals surface area contributed by atoms with Gasteiger partial charge < -0.3 is 39.6 Å². The summed E-state index contributed by atoms with van der Waals surface area (Å²) in [7, 11) is 3.18. The lowest BCUT2D eigenvalue weighted by molar-refractivity contribution is 0.0507. The lowest BCUT2D eigenvalue weighted by Crippen LogP contribution is -2.34. The van der Waals surface area contributed by atoms with E-state index in [0.717, 1.165) is 27.2 Å². The highest BCUT2D eigenvalue weighted by molar-refractivity contribution is 6.04. The number of anilines is 2. The summed E-state index contributed by atoms with van der Waals surface area (Å²) in [6.07, 6.45) is 5.46. The van der Waals surface area contributed by atoms with Gasteiger partial charge in [0.05, 0.1) is 49.6 Å². The third-order valence-corrected chi connectivity index (χ3v) is 9.04. The maximum absolute atomic E-state index is 13.5. The van der Waals surface area contributed by atoms with Gasteiger partial charge in [0.2, 0.25) is 0 Å². The lowest BCUT2D eigenvalue weighted by atomic mass is 10.1. The molecule has 4 aromatic heterocycles. The number of rotatable bonds is 15. The molecule has 61 heavy (non-hydrogen) atoms. The zero-order valence-electron chi connectivity index (χ0n) is 33.7. The van der Waals surface area contributed by atoms with Gasteiger partial charge in [-0.15, -0.1) is 9.46 Å². The van der Waals surface area contributed by atoms with Gasteiger partial charge in [-0.05, 0) is 54.8 Å². The average molecular weight is 831 g/mol. The van der Waals surface area contributed by atoms with E-state index in [4.69, 9.17) is 23.8 Å². The lowest BCUT2D eigenvalue weighted by Gasteiger charge is -2.17. The Morgan fingerprint density at radius 1 is 0.639 bits per heavy atom. The second kappa shape index (κ2) is 20.1. The van der Waals surface area contributed by atoms with Crippen molar-refractivity contribution >= 4 is 45.4 Å². The van der Waals surface area contributed by atoms with Crippen LogP contribution in [0.25, 0.3) is 22.1 Å². The van der Waals surface area contributed by atoms with Crippen LogP contribution in [0, 0.1) is 0 Å². The monoisotopic (exact) mass is 830 g/mol. The van der Waals surface area contributed by atoms with Crippen LogP contribution in [0.4, 0.5) is 11.4 Å². The normalized spacial score (nSPS) is 10.6. The van der Waals surface area contributed by atoms with Crippen LogP contribution >= 0.6 is 0 Å². The van der Waals surface area contributed by atoms with E-state index in [9.17, 15) is 24.4 Å². The van der Waals surface area contributed by atoms with Crippen molar-refractivity contribution in [3.63, 3.8) is 0 Å². The van der Waals surface area contributed by atoms with E-state index in [2.05, 4.69) is 30.6 Å². The zero-order chi connectivity index (χ0) is 43.3. The van der Waals surface area contributed by atoms with Crippen molar-refractivity contribution in [1.82, 2.24) is 29.4 Å². The van der Waals surface area contributed by atoms with Crippen molar-refractivity contribution in [3.8, 4) is 11.5 Å². The Morgan fingerprint density at radius 2 is 1.11 bits per heavy atom. The molecule has 0 saturated carbocycles. The number of carbonyl (C=O) groups excluding carboxylic acids is 2. The molecule has 4 heterocycles. The van der Waals surface area contributed by atoms with Crippen molar-refractivity contribution in [2.24, 2.45) is 0 Å². The summed E-state index contributed by atoms with van der Waals surface area (Å²) in [5.74, 6) is -0.151. The number of nitrogens with one attached hydrogen (secondary N) is 2. The van der Waals surface area contributed by atoms with Crippen LogP contribution in [-0.4, -0.2) is 74.0 Å². The first-order valence-corrected chi connectivity index (χ1v) is 18.9. The van der Waals surface area contributed by atoms with Crippen molar-refractivity contribution in [3.05, 3.63) is 152 Å². The van der Waals surface area contributed by atoms with Gasteiger partial charge in [0.1, 0.15) is 30.8 Å². The molecule has 0 radical (unpaired) electrons. The van der Waals surface area contributed by atoms with Gasteiger partial charge in [-0.2, -0.15) is 0 Å². The van der Waals surface area contributed by atoms with Crippen LogP contribution < -0.4 is 36.1 Å². The summed E-state index contributed by atoms with van der Waals surface area (Å²) < 4.78 is 21.8. The molecule has 0 spiro atoms. The molecule has 0 fully saturated rings. The van der Waals surface area contributed by atoms with Crippen LogP contribution in [-0.2, 0) is 29.2 Å². The van der Waals surface area contributed by atoms with Crippen molar-refractivity contribution in [1.29, 1.82) is 0 Å². The van der Waals surface area contributed by atoms with E-state index in [1.54, 1.807) is 40.2 Å². The molecule has 0 bridgehead atoms. The minimum atomic E-state index is -0.920. The molecule has 0 unspecified atom stereocenters. The summed E-state index contributed by atoms with van der Waals surface area (Å²) in [6, 6.07) is 24.1. The number of methoxy groups -OCH3 is 2. The highest BCUT2D eigenvalue weighted by Crippen LogP contribution is 2.26. The summed E-state index contributed by atoms with van der Waals surface area (Å²) in [4.78, 5) is 73.2. The molecule has 0 amide bonds. The first kappa shape index (κ1) is 42.6. The van der Waals surface area contributed by atoms with E-state index < -0.39 is 23.1 Å². The number of aromatic nitrogens is 6. The Hall–Kier alpha value is -8.02. The molecule has 18 heteroatoms. The van der Waals surface area contributed by atoms with Gasteiger partial charge in [0.25, 0.3) is 0 Å². The first-order valence-electron chi connectivity index (χ1n) is 18.9. The molecule has 0 aliphatic carbocycles. The summed E-state index contributed by atoms with van der Waals surface area (Å²) >= 11 is 0. The largest absolute Gasteiger partial charge is 0.497 e. The predicted octanol–water partition coefficient (Wildman–Crippen LogP) is 5.04. The minimum Gasteiger partial charge on any atom is -0.497 e. The molecular weight excluding hydrogens is 789 g/mol. The van der Waals surface area contributed by atoms with Crippen LogP contribution in [0.15, 0.2) is 114 Å². The maximum atomic E-state index is 13.5. The number of esters is 2. The van der Waals surface area contributed by atoms with Crippen LogP contribution in [0.3, 0.4) is 0 Å². The van der Waals surface area contributed by atoms with Gasteiger partial charge in [-0.1, -0.05) is 54.6 Å². The Kier molecular flexibility index (Phi) is 14.0. The number of ether oxygens (including phenoxy) is 4. The summed E-state index contributed by atoms with van der Waals surface area (Å²) in [5.41, 5.74) is 1.31. The predicted molar refractivity (Wildman–Crippen MR) is 224 cm³/mol. The number of hydrogen-bond donors (Lipinski definition) is 3. The van der Waals surface area contributed by atoms with E-state index >= 15 is 0 Å². The molecule has 7 rings (SSSR count). The highest BCUT2D eigenvalue weighted by atomic mass is 16.7. The zero-order valence-corrected chi connectivity index (χ0v) is 33.7. The van der Waals surface area contributed by atoms with Crippen LogP contribution in [0.1, 0.15) is 51.3 Å². The van der Waals surface area contributed by atoms with Crippen LogP contribution in [0.5, 0.6) is 11.5 Å². The Bertz CT molecular complexity index is 2740. The fourth-order valence-electron chi connectivity index (χ4n) is 6.07. The Morgan fingerprint density at radius 3 is 1.61 bits per heavy atom. The maximum Gasteiger partial charge on any atom is 0.346 e. The second-order valence-electron chi connectivity index (χ2n) is 12.8. The van der Waals surface area contributed by atoms with Crippen LogP contribution in [0.2, 0.25) is 0 Å². The van der Waals surface area contributed by atoms with Gasteiger partial charge >= 0.3 is 23.1 Å². The number of nitrogens with zero attached hydrogens (tertiary/aromatic N) is 6. The summed E-state index contributed by atoms with van der Waals surface area (Å²) in [6.45, 7) is 4.28. The van der Waals surface area contributed by atoms with Crippen molar-refractivity contribution in [2.75, 3.05) is 38.1 Å². The number of carbonyl (C=O) groups is 2. The number of fused-ring (bicyclic) bond motifs is 2. The smallest absolute Gasteiger partial charge is 0.346 e. The van der Waals surface area contributed by atoms with E-state index in [1.807, 2.05) is 66.7 Å². The van der Waals surface area contributed by atoms with Gasteiger partial charge in [-0.25, -0.2) is 29.5 Å². The molecule has 0 saturated heterocycles. The van der Waals surface area contributed by atoms with E-state index in [1.165, 1.54) is 25.0 Å². The van der Waals surface area contributed by atoms with Crippen molar-refractivity contribution < 1.29 is 38.6 Å². The van der Waals surface area contributed by atoms with E-state index in [0.29, 0.717) is 34.3 Å². The number of benzene rings is 3. The number of pyridine rings is 2. The van der Waals surface area contributed by atoms with Crippen molar-refractivity contribution in [2.45, 2.75) is 33.5 Å². The quantitative estimate of drug-likeness (QED) is 0.0910. The molecule has 3 N–H and O–H groups in total. The molecule has 18 nitrogen and oxygen atoms in total. The SMILES string of the molecule is CCOC(=O)c1c(NCc2ccc(OC)cc2)c2cncnc2n(O)c1=O.CCOC(=O)c1c(NCc2ccc(OC)cc2)c2cncnc2n(OCc2ccccc2)c1=O. The Balaban J connectivity index is 0.000000210. The average Bonchev–Trinajstić information content (AvgIpc) is 3.29. The molecule has 0 atom stereocenters. The Labute approximate surface area is 348 Å². The fourth-order valence-corrected chi connectivity index (χ4v) is 6.07. The molecule has 0 aliphatic heterocycles. The molecular formula is C43H42N8O10. The first-order chi connectivity index (χ1) is 29.7. The molecule has 3 aromatic carbocycles. The molecule has 7 aromatic rings. The fraction of sp³-hybridized carbons (Fsp3) is 0.209. The topological polar surface area (TPSA) is 220 Å². The third-order valence-electron chi connectivity index (χ3n) is 9.04. The minimum absolute atomic E-state index is 0.0136. The highest BCUT2D eigenvalue weighted by Gasteiger charge is 2.26. The number of hydrogen-bond acceptors (Lipinski definition) is 16. The third kappa shape index (κ3) is 9.82. The molecule has 314 valence electrons. The second-order valence-corrected chi connectivity index (χ2v) is 12.8. The van der Waals surface area contributed by atoms with Gasteiger partial charge in [0.15, 0.2) is 22.4 Å². The molecule has 0 aliphatic rings. The van der Waals surface area contributed by atoms with Gasteiger partial charge in [0, 0.05) is 25.5 Å².